The zero-order chi connectivity index (χ0) is 22.8. The Bertz CT molecular complexity index is 855. The van der Waals surface area contributed by atoms with Crippen LogP contribution in [0.25, 0.3) is 0 Å². The predicted octanol–water partition coefficient (Wildman–Crippen LogP) is 2.80. The van der Waals surface area contributed by atoms with Gasteiger partial charge in [-0.2, -0.15) is 0 Å². The van der Waals surface area contributed by atoms with Crippen LogP contribution < -0.4 is 29.7 Å². The van der Waals surface area contributed by atoms with Crippen LogP contribution in [0.3, 0.4) is 0 Å². The van der Waals surface area contributed by atoms with Gasteiger partial charge < -0.3 is 34.5 Å². The third-order valence-corrected chi connectivity index (χ3v) is 5.26. The molecule has 1 aliphatic rings. The molecule has 0 saturated carbocycles. The summed E-state index contributed by atoms with van der Waals surface area (Å²) in [6, 6.07) is 12.5. The van der Waals surface area contributed by atoms with Gasteiger partial charge in [0.2, 0.25) is 5.75 Å². The first-order valence-corrected chi connectivity index (χ1v) is 10.9. The van der Waals surface area contributed by atoms with Crippen LogP contribution in [0, 0.1) is 0 Å². The summed E-state index contributed by atoms with van der Waals surface area (Å²) in [5, 5.41) is 6.70. The number of nitrogens with zero attached hydrogens (tertiary/aromatic N) is 2. The molecule has 1 heterocycles. The Morgan fingerprint density at radius 3 is 2.16 bits per heavy atom. The second kappa shape index (κ2) is 12.0. The summed E-state index contributed by atoms with van der Waals surface area (Å²) in [6.45, 7) is 7.44. The van der Waals surface area contributed by atoms with Gasteiger partial charge in [-0.25, -0.2) is 4.99 Å². The van der Waals surface area contributed by atoms with Crippen molar-refractivity contribution in [2.24, 2.45) is 4.99 Å². The van der Waals surface area contributed by atoms with Gasteiger partial charge in [0.25, 0.3) is 0 Å². The average Bonchev–Trinajstić information content (AvgIpc) is 2.85. The Hall–Kier alpha value is -3.13. The topological polar surface area (TPSA) is 76.6 Å². The third kappa shape index (κ3) is 6.20. The number of morpholine rings is 1. The monoisotopic (exact) mass is 442 g/mol. The van der Waals surface area contributed by atoms with Crippen molar-refractivity contribution in [2.75, 3.05) is 59.1 Å². The van der Waals surface area contributed by atoms with E-state index < -0.39 is 0 Å². The van der Waals surface area contributed by atoms with E-state index in [1.807, 2.05) is 19.1 Å². The predicted molar refractivity (Wildman–Crippen MR) is 127 cm³/mol. The number of anilines is 1. The van der Waals surface area contributed by atoms with E-state index in [4.69, 9.17) is 23.9 Å². The fourth-order valence-electron chi connectivity index (χ4n) is 3.57. The fourth-order valence-corrected chi connectivity index (χ4v) is 3.57. The quantitative estimate of drug-likeness (QED) is 0.457. The normalized spacial score (nSPS) is 14.1. The van der Waals surface area contributed by atoms with Gasteiger partial charge in [-0.3, -0.25) is 0 Å². The van der Waals surface area contributed by atoms with Crippen molar-refractivity contribution in [3.63, 3.8) is 0 Å². The minimum atomic E-state index is 0.474. The summed E-state index contributed by atoms with van der Waals surface area (Å²) in [5.74, 6) is 2.57. The first-order chi connectivity index (χ1) is 15.7. The number of hydrogen-bond donors (Lipinski definition) is 2. The molecule has 0 unspecified atom stereocenters. The van der Waals surface area contributed by atoms with E-state index in [0.29, 0.717) is 30.3 Å². The first-order valence-electron chi connectivity index (χ1n) is 10.9. The lowest BCUT2D eigenvalue weighted by atomic mass is 10.2. The van der Waals surface area contributed by atoms with Crippen LogP contribution >= 0.6 is 0 Å². The van der Waals surface area contributed by atoms with Gasteiger partial charge in [0.15, 0.2) is 17.5 Å². The number of nitrogens with one attached hydrogen (secondary N) is 2. The Balaban J connectivity index is 1.64. The van der Waals surface area contributed by atoms with Crippen LogP contribution in [0.1, 0.15) is 18.1 Å². The molecule has 2 N–H and O–H groups in total. The number of rotatable bonds is 9. The molecule has 174 valence electrons. The largest absolute Gasteiger partial charge is 0.493 e. The molecule has 0 radical (unpaired) electrons. The molecule has 0 spiro atoms. The molecular weight excluding hydrogens is 408 g/mol. The van der Waals surface area contributed by atoms with Crippen molar-refractivity contribution in [1.29, 1.82) is 0 Å². The Labute approximate surface area is 190 Å². The molecule has 0 bridgehead atoms. The summed E-state index contributed by atoms with van der Waals surface area (Å²) in [7, 11) is 4.82. The van der Waals surface area contributed by atoms with E-state index in [1.54, 1.807) is 21.3 Å². The molecule has 3 rings (SSSR count). The lowest BCUT2D eigenvalue weighted by Gasteiger charge is -2.28. The lowest BCUT2D eigenvalue weighted by molar-refractivity contribution is 0.122. The van der Waals surface area contributed by atoms with Crippen molar-refractivity contribution in [3.05, 3.63) is 47.5 Å². The van der Waals surface area contributed by atoms with Crippen LogP contribution in [0.5, 0.6) is 17.2 Å². The van der Waals surface area contributed by atoms with Gasteiger partial charge in [0.1, 0.15) is 0 Å². The van der Waals surface area contributed by atoms with E-state index in [2.05, 4.69) is 39.8 Å². The molecule has 8 nitrogen and oxygen atoms in total. The van der Waals surface area contributed by atoms with Gasteiger partial charge in [-0.1, -0.05) is 12.1 Å². The van der Waals surface area contributed by atoms with E-state index in [-0.39, 0.29) is 0 Å². The molecule has 2 aromatic carbocycles. The number of ether oxygens (including phenoxy) is 4. The molecule has 0 atom stereocenters. The van der Waals surface area contributed by atoms with E-state index in [1.165, 1.54) is 11.3 Å². The van der Waals surface area contributed by atoms with Gasteiger partial charge >= 0.3 is 0 Å². The lowest BCUT2D eigenvalue weighted by Crippen LogP contribution is -2.37. The molecule has 0 aromatic heterocycles. The van der Waals surface area contributed by atoms with E-state index in [9.17, 15) is 0 Å². The second-order valence-corrected chi connectivity index (χ2v) is 7.35. The molecule has 1 saturated heterocycles. The third-order valence-electron chi connectivity index (χ3n) is 5.26. The zero-order valence-electron chi connectivity index (χ0n) is 19.4. The van der Waals surface area contributed by atoms with Crippen molar-refractivity contribution in [1.82, 2.24) is 10.6 Å². The van der Waals surface area contributed by atoms with Crippen molar-refractivity contribution < 1.29 is 18.9 Å². The maximum atomic E-state index is 5.44. The Kier molecular flexibility index (Phi) is 8.86. The highest BCUT2D eigenvalue weighted by molar-refractivity contribution is 5.79. The molecule has 32 heavy (non-hydrogen) atoms. The van der Waals surface area contributed by atoms with Gasteiger partial charge in [-0.05, 0) is 42.3 Å². The van der Waals surface area contributed by atoms with Crippen molar-refractivity contribution >= 4 is 11.6 Å². The molecule has 0 aliphatic carbocycles. The minimum absolute atomic E-state index is 0.474. The highest BCUT2D eigenvalue weighted by Crippen LogP contribution is 2.38. The average molecular weight is 443 g/mol. The summed E-state index contributed by atoms with van der Waals surface area (Å²) >= 11 is 0. The molecular formula is C24H34N4O4. The van der Waals surface area contributed by atoms with Gasteiger partial charge in [-0.15, -0.1) is 0 Å². The first kappa shape index (κ1) is 23.5. The number of benzene rings is 2. The zero-order valence-corrected chi connectivity index (χ0v) is 19.4. The molecule has 0 amide bonds. The van der Waals surface area contributed by atoms with Gasteiger partial charge in [0.05, 0.1) is 41.1 Å². The summed E-state index contributed by atoms with van der Waals surface area (Å²) in [6.07, 6.45) is 0. The summed E-state index contributed by atoms with van der Waals surface area (Å²) < 4.78 is 21.7. The maximum absolute atomic E-state index is 5.44. The minimum Gasteiger partial charge on any atom is -0.493 e. The number of hydrogen-bond acceptors (Lipinski definition) is 6. The van der Waals surface area contributed by atoms with Crippen molar-refractivity contribution in [3.8, 4) is 17.2 Å². The summed E-state index contributed by atoms with van der Waals surface area (Å²) in [5.41, 5.74) is 3.40. The molecule has 2 aromatic rings. The van der Waals surface area contributed by atoms with E-state index in [0.717, 1.165) is 44.4 Å². The van der Waals surface area contributed by atoms with Crippen LogP contribution in [0.4, 0.5) is 5.69 Å². The standard InChI is InChI=1S/C24H34N4O4/c1-5-25-24(27-17-19-14-21(29-2)23(31-4)22(15-19)30-3)26-16-18-6-8-20(9-7-18)28-10-12-32-13-11-28/h6-9,14-15H,5,10-13,16-17H2,1-4H3,(H2,25,26,27). The maximum Gasteiger partial charge on any atom is 0.203 e. The van der Waals surface area contributed by atoms with Crippen LogP contribution in [0.15, 0.2) is 41.4 Å². The smallest absolute Gasteiger partial charge is 0.203 e. The highest BCUT2D eigenvalue weighted by atomic mass is 16.5. The Morgan fingerprint density at radius 1 is 0.938 bits per heavy atom. The highest BCUT2D eigenvalue weighted by Gasteiger charge is 2.13. The second-order valence-electron chi connectivity index (χ2n) is 7.35. The fraction of sp³-hybridized carbons (Fsp3) is 0.458. The SMILES string of the molecule is CCNC(=NCc1cc(OC)c(OC)c(OC)c1)NCc1ccc(N2CCOCC2)cc1. The van der Waals surface area contributed by atoms with E-state index >= 15 is 0 Å². The molecule has 1 fully saturated rings. The molecule has 1 aliphatic heterocycles. The van der Waals surface area contributed by atoms with Crippen LogP contribution in [0.2, 0.25) is 0 Å². The summed E-state index contributed by atoms with van der Waals surface area (Å²) in [4.78, 5) is 7.07. The Morgan fingerprint density at radius 2 is 1.59 bits per heavy atom. The van der Waals surface area contributed by atoms with Crippen molar-refractivity contribution in [2.45, 2.75) is 20.0 Å². The number of guanidine groups is 1. The number of methoxy groups -OCH3 is 3. The van der Waals surface area contributed by atoms with Crippen LogP contribution in [-0.2, 0) is 17.8 Å². The molecule has 8 heteroatoms. The van der Waals surface area contributed by atoms with Gasteiger partial charge in [0, 0.05) is 31.9 Å². The van der Waals surface area contributed by atoms with Crippen LogP contribution in [-0.4, -0.2) is 60.1 Å². The number of aliphatic imine (C=N–C) groups is 1.